The van der Waals surface area contributed by atoms with Gasteiger partial charge in [-0.15, -0.1) is 0 Å². The minimum atomic E-state index is -0.275. The minimum absolute atomic E-state index is 0.00143. The summed E-state index contributed by atoms with van der Waals surface area (Å²) in [4.78, 5) is 17.3. The van der Waals surface area contributed by atoms with Crippen LogP contribution in [0.2, 0.25) is 0 Å². The van der Waals surface area contributed by atoms with E-state index >= 15 is 0 Å². The number of aliphatic hydroxyl groups excluding tert-OH is 1. The van der Waals surface area contributed by atoms with E-state index in [4.69, 9.17) is 16.4 Å². The average molecular weight is 352 g/mol. The van der Waals surface area contributed by atoms with Crippen molar-refractivity contribution in [2.24, 2.45) is 12.2 Å². The lowest BCUT2D eigenvalue weighted by molar-refractivity contribution is -0.119. The lowest BCUT2D eigenvalue weighted by Crippen LogP contribution is -2.25. The first kappa shape index (κ1) is 18.3. The van der Waals surface area contributed by atoms with Crippen molar-refractivity contribution < 1.29 is 14.7 Å². The summed E-state index contributed by atoms with van der Waals surface area (Å²) >= 11 is 5.46. The molecule has 1 atom stereocenters. The molecule has 0 radical (unpaired) electrons. The van der Waals surface area contributed by atoms with Crippen LogP contribution < -0.4 is 0 Å². The lowest BCUT2D eigenvalue weighted by Gasteiger charge is -2.26. The molecule has 0 aliphatic heterocycles. The Hall–Kier alpha value is -2.08. The summed E-state index contributed by atoms with van der Waals surface area (Å²) in [5.41, 5.74) is 4.40. The molecule has 1 heterocycles. The van der Waals surface area contributed by atoms with Gasteiger partial charge in [0.2, 0.25) is 0 Å². The highest BCUT2D eigenvalue weighted by molar-refractivity contribution is 6.25. The fourth-order valence-electron chi connectivity index (χ4n) is 2.96. The predicted molar refractivity (Wildman–Crippen MR) is 93.3 cm³/mol. The van der Waals surface area contributed by atoms with Crippen molar-refractivity contribution in [1.29, 1.82) is 0 Å². The van der Waals surface area contributed by atoms with Crippen LogP contribution in [0, 0.1) is 6.92 Å². The number of aliphatic hydroxyl groups is 1. The van der Waals surface area contributed by atoms with Crippen LogP contribution in [0.3, 0.4) is 0 Å². The molecule has 0 saturated carbocycles. The Morgan fingerprint density at radius 1 is 1.62 bits per heavy atom. The molecule has 130 valence electrons. The number of carbonyl (C=O) groups excluding carboxylic acids is 1. The number of hydrogen-bond acceptors (Lipinski definition) is 5. The van der Waals surface area contributed by atoms with Gasteiger partial charge < -0.3 is 9.94 Å². The monoisotopic (exact) mass is 351 g/mol. The SMILES string of the molecule is CCC(=NOCC=CCl)C1=C(O)CC(=O)CC1c1cc(C)nn1C. The normalized spacial score (nSPS) is 19.4. The van der Waals surface area contributed by atoms with Crippen LogP contribution in [-0.4, -0.2) is 33.0 Å². The zero-order valence-electron chi connectivity index (χ0n) is 14.1. The van der Waals surface area contributed by atoms with Gasteiger partial charge in [0.15, 0.2) is 0 Å². The Morgan fingerprint density at radius 2 is 2.38 bits per heavy atom. The van der Waals surface area contributed by atoms with Gasteiger partial charge in [0.25, 0.3) is 0 Å². The first-order chi connectivity index (χ1) is 11.5. The number of allylic oxidation sites excluding steroid dienone is 2. The molecule has 0 aromatic carbocycles. The number of Topliss-reactive ketones (excluding diaryl/α,β-unsaturated/α-hetero) is 1. The Labute approximate surface area is 146 Å². The number of halogens is 1. The number of hydrogen-bond donors (Lipinski definition) is 1. The van der Waals surface area contributed by atoms with Crippen molar-refractivity contribution in [3.8, 4) is 0 Å². The molecule has 1 aliphatic carbocycles. The molecule has 1 N–H and O–H groups in total. The third-order valence-corrected chi connectivity index (χ3v) is 4.11. The third kappa shape index (κ3) is 4.06. The Morgan fingerprint density at radius 3 is 2.96 bits per heavy atom. The van der Waals surface area contributed by atoms with Gasteiger partial charge in [-0.25, -0.2) is 0 Å². The van der Waals surface area contributed by atoms with Crippen LogP contribution in [0.4, 0.5) is 0 Å². The summed E-state index contributed by atoms with van der Waals surface area (Å²) < 4.78 is 1.75. The molecule has 6 nitrogen and oxygen atoms in total. The van der Waals surface area contributed by atoms with Crippen LogP contribution in [0.1, 0.15) is 43.5 Å². The number of aryl methyl sites for hydroxylation is 2. The molecular weight excluding hydrogens is 330 g/mol. The standard InChI is InChI=1S/C17H22ClN3O3/c1-4-14(20-24-7-5-6-18)17-13(9-12(22)10-16(17)23)15-8-11(2)19-21(15)3/h5-6,8,13,23H,4,7,9-10H2,1-3H3. The topological polar surface area (TPSA) is 76.7 Å². The van der Waals surface area contributed by atoms with Crippen molar-refractivity contribution >= 4 is 23.1 Å². The highest BCUT2D eigenvalue weighted by Crippen LogP contribution is 2.37. The summed E-state index contributed by atoms with van der Waals surface area (Å²) in [5, 5.41) is 18.9. The number of nitrogens with zero attached hydrogens (tertiary/aromatic N) is 3. The van der Waals surface area contributed by atoms with Crippen LogP contribution in [-0.2, 0) is 16.7 Å². The molecule has 7 heteroatoms. The van der Waals surface area contributed by atoms with Gasteiger partial charge in [-0.05, 0) is 25.5 Å². The van der Waals surface area contributed by atoms with Crippen molar-refractivity contribution in [1.82, 2.24) is 9.78 Å². The van der Waals surface area contributed by atoms with Gasteiger partial charge in [0, 0.05) is 36.2 Å². The summed E-state index contributed by atoms with van der Waals surface area (Å²) in [6, 6.07) is 1.93. The quantitative estimate of drug-likeness (QED) is 0.483. The first-order valence-electron chi connectivity index (χ1n) is 7.86. The number of aromatic nitrogens is 2. The maximum atomic E-state index is 12.0. The predicted octanol–water partition coefficient (Wildman–Crippen LogP) is 3.52. The van der Waals surface area contributed by atoms with E-state index in [1.165, 1.54) is 5.54 Å². The van der Waals surface area contributed by atoms with E-state index in [9.17, 15) is 9.90 Å². The molecule has 1 unspecified atom stereocenters. The van der Waals surface area contributed by atoms with Gasteiger partial charge in [-0.2, -0.15) is 5.10 Å². The van der Waals surface area contributed by atoms with Crippen molar-refractivity contribution in [3.63, 3.8) is 0 Å². The van der Waals surface area contributed by atoms with Gasteiger partial charge in [0.05, 0.1) is 17.8 Å². The number of ketones is 1. The molecule has 0 amide bonds. The molecule has 2 rings (SSSR count). The maximum absolute atomic E-state index is 12.0. The second-order valence-corrected chi connectivity index (χ2v) is 5.97. The summed E-state index contributed by atoms with van der Waals surface area (Å²) in [7, 11) is 1.83. The molecule has 0 saturated heterocycles. The molecule has 0 bridgehead atoms. The number of oxime groups is 1. The van der Waals surface area contributed by atoms with Crippen LogP contribution in [0.25, 0.3) is 0 Å². The van der Waals surface area contributed by atoms with Crippen LogP contribution >= 0.6 is 11.6 Å². The van der Waals surface area contributed by atoms with Crippen molar-refractivity contribution in [3.05, 3.63) is 40.4 Å². The fraction of sp³-hybridized carbons (Fsp3) is 0.471. The summed E-state index contributed by atoms with van der Waals surface area (Å²) in [6.07, 6.45) is 2.55. The third-order valence-electron chi connectivity index (χ3n) is 3.93. The molecule has 1 aliphatic rings. The molecule has 1 aromatic heterocycles. The fourth-order valence-corrected chi connectivity index (χ4v) is 3.03. The van der Waals surface area contributed by atoms with Gasteiger partial charge in [0.1, 0.15) is 18.1 Å². The zero-order chi connectivity index (χ0) is 17.7. The highest BCUT2D eigenvalue weighted by Gasteiger charge is 2.33. The van der Waals surface area contributed by atoms with E-state index < -0.39 is 0 Å². The Bertz CT molecular complexity index is 704. The van der Waals surface area contributed by atoms with Crippen molar-refractivity contribution in [2.45, 2.75) is 39.0 Å². The van der Waals surface area contributed by atoms with Gasteiger partial charge >= 0.3 is 0 Å². The first-order valence-corrected chi connectivity index (χ1v) is 8.30. The van der Waals surface area contributed by atoms with E-state index in [1.807, 2.05) is 27.0 Å². The lowest BCUT2D eigenvalue weighted by atomic mass is 9.80. The zero-order valence-corrected chi connectivity index (χ0v) is 14.9. The van der Waals surface area contributed by atoms with E-state index in [0.717, 1.165) is 11.4 Å². The molecule has 0 fully saturated rings. The summed E-state index contributed by atoms with van der Waals surface area (Å²) in [6.45, 7) is 4.07. The average Bonchev–Trinajstić information content (AvgIpc) is 2.86. The molecule has 1 aromatic rings. The minimum Gasteiger partial charge on any atom is -0.511 e. The van der Waals surface area contributed by atoms with E-state index in [0.29, 0.717) is 24.1 Å². The Kier molecular flexibility index (Phi) is 6.20. The van der Waals surface area contributed by atoms with Gasteiger partial charge in [-0.1, -0.05) is 23.7 Å². The number of carbonyl (C=O) groups is 1. The summed E-state index contributed by atoms with van der Waals surface area (Å²) in [5.74, 6) is -0.211. The molecule has 0 spiro atoms. The van der Waals surface area contributed by atoms with Crippen molar-refractivity contribution in [2.75, 3.05) is 6.61 Å². The van der Waals surface area contributed by atoms with E-state index in [2.05, 4.69) is 10.3 Å². The smallest absolute Gasteiger partial charge is 0.141 e. The van der Waals surface area contributed by atoms with E-state index in [-0.39, 0.29) is 30.5 Å². The highest BCUT2D eigenvalue weighted by atomic mass is 35.5. The van der Waals surface area contributed by atoms with Gasteiger partial charge in [-0.3, -0.25) is 9.48 Å². The molecule has 24 heavy (non-hydrogen) atoms. The molecular formula is C17H22ClN3O3. The second-order valence-electron chi connectivity index (χ2n) is 5.72. The number of rotatable bonds is 6. The van der Waals surface area contributed by atoms with Crippen LogP contribution in [0.15, 0.2) is 34.2 Å². The second kappa shape index (κ2) is 8.15. The maximum Gasteiger partial charge on any atom is 0.141 e. The Balaban J connectivity index is 2.42. The van der Waals surface area contributed by atoms with E-state index in [1.54, 1.807) is 10.8 Å². The largest absolute Gasteiger partial charge is 0.511 e. The van der Waals surface area contributed by atoms with Crippen LogP contribution in [0.5, 0.6) is 0 Å².